The van der Waals surface area contributed by atoms with E-state index in [1.165, 1.54) is 0 Å². The molecule has 1 aliphatic heterocycles. The van der Waals surface area contributed by atoms with Gasteiger partial charge < -0.3 is 4.57 Å². The second-order valence-electron chi connectivity index (χ2n) is 14.0. The van der Waals surface area contributed by atoms with Crippen LogP contribution in [0.1, 0.15) is 33.8 Å². The molecule has 280 valence electrons. The van der Waals surface area contributed by atoms with Crippen LogP contribution in [-0.4, -0.2) is 51.4 Å². The van der Waals surface area contributed by atoms with Gasteiger partial charge in [-0.3, -0.25) is 24.6 Å². The number of nitrogens with one attached hydrogen (secondary N) is 1. The average Bonchev–Trinajstić information content (AvgIpc) is 4.05. The summed E-state index contributed by atoms with van der Waals surface area (Å²) < 4.78 is 5.71. The van der Waals surface area contributed by atoms with Gasteiger partial charge in [0.05, 0.1) is 34.1 Å². The molecule has 0 atom stereocenters. The molecule has 4 aromatic heterocycles. The fourth-order valence-corrected chi connectivity index (χ4v) is 8.44. The molecule has 0 radical (unpaired) electrons. The second kappa shape index (κ2) is 14.2. The first kappa shape index (κ1) is 35.0. The van der Waals surface area contributed by atoms with Crippen molar-refractivity contribution in [3.8, 4) is 5.69 Å². The first-order valence-corrected chi connectivity index (χ1v) is 19.1. The number of benzene rings is 5. The number of pyridine rings is 1. The van der Waals surface area contributed by atoms with Gasteiger partial charge in [-0.25, -0.2) is 4.68 Å². The van der Waals surface area contributed by atoms with E-state index in [-0.39, 0.29) is 11.1 Å². The van der Waals surface area contributed by atoms with Gasteiger partial charge in [-0.1, -0.05) is 121 Å². The minimum Gasteiger partial charge on any atom is -0.314 e. The molecule has 0 saturated heterocycles. The molecule has 0 spiro atoms. The smallest absolute Gasteiger partial charge is 0.261 e. The highest BCUT2D eigenvalue weighted by Gasteiger charge is 2.42. The summed E-state index contributed by atoms with van der Waals surface area (Å²) in [5, 5.41) is 23.1. The van der Waals surface area contributed by atoms with Crippen LogP contribution in [0.5, 0.6) is 0 Å². The zero-order chi connectivity index (χ0) is 39.2. The molecule has 1 N–H and O–H groups in total. The monoisotopic (exact) mass is 777 g/mol. The van der Waals surface area contributed by atoms with Gasteiger partial charge in [-0.2, -0.15) is 5.10 Å². The van der Waals surface area contributed by atoms with E-state index in [0.29, 0.717) is 40.5 Å². The quantitative estimate of drug-likeness (QED) is 0.112. The summed E-state index contributed by atoms with van der Waals surface area (Å²) in [5.74, 6) is -0.407. The molecule has 1 aliphatic rings. The van der Waals surface area contributed by atoms with Gasteiger partial charge in [-0.05, 0) is 63.5 Å². The normalized spacial score (nSPS) is 13.2. The molecule has 10 rings (SSSR count). The number of halogens is 1. The maximum Gasteiger partial charge on any atom is 0.261 e. The number of para-hydroxylation sites is 1. The van der Waals surface area contributed by atoms with Crippen molar-refractivity contribution in [2.75, 3.05) is 0 Å². The summed E-state index contributed by atoms with van der Waals surface area (Å²) in [6, 6.07) is 47.7. The van der Waals surface area contributed by atoms with Gasteiger partial charge >= 0.3 is 0 Å². The number of hydrogen-bond acceptors (Lipinski definition) is 7. The topological polar surface area (TPSA) is 125 Å². The van der Waals surface area contributed by atoms with Crippen molar-refractivity contribution in [2.45, 2.75) is 18.5 Å². The minimum absolute atomic E-state index is 0.186. The maximum atomic E-state index is 13.9. The van der Waals surface area contributed by atoms with Crippen LogP contribution in [-0.2, 0) is 28.1 Å². The van der Waals surface area contributed by atoms with E-state index in [9.17, 15) is 9.59 Å². The summed E-state index contributed by atoms with van der Waals surface area (Å²) in [5.41, 5.74) is 5.82. The zero-order valence-electron chi connectivity index (χ0n) is 30.8. The fraction of sp³-hybridized carbons (Fsp3) is 0.0652. The molecule has 2 amide bonds. The Balaban J connectivity index is 1.11. The largest absolute Gasteiger partial charge is 0.314 e. The lowest BCUT2D eigenvalue weighted by atomic mass is 9.77. The number of imide groups is 1. The van der Waals surface area contributed by atoms with Crippen molar-refractivity contribution in [3.05, 3.63) is 203 Å². The predicted octanol–water partition coefficient (Wildman–Crippen LogP) is 7.67. The molecule has 58 heavy (non-hydrogen) atoms. The second-order valence-corrected chi connectivity index (χ2v) is 14.4. The van der Waals surface area contributed by atoms with Crippen LogP contribution in [0.3, 0.4) is 0 Å². The standard InChI is InChI=1S/C46H32ClN9O2/c47-33-22-23-38-36(27-33)37(29-54(38)34-19-12-25-48-28-34)41-42(45(58)49-44(41)57)43-35-20-10-11-21-39(35)55(51-43)26-24-40-50-52-53-56(40)46(30-13-4-1-5-14-30,31-15-6-2-7-16-31)32-17-8-3-9-18-32/h1-23,25,27-29H,24,26H2,(H,49,57,58). The summed E-state index contributed by atoms with van der Waals surface area (Å²) in [6.45, 7) is 0.365. The highest BCUT2D eigenvalue weighted by molar-refractivity contribution is 6.50. The summed E-state index contributed by atoms with van der Waals surface area (Å²) in [4.78, 5) is 32.0. The lowest BCUT2D eigenvalue weighted by molar-refractivity contribution is -0.122. The van der Waals surface area contributed by atoms with E-state index in [0.717, 1.165) is 38.8 Å². The molecular formula is C46H32ClN9O2. The number of tetrazole rings is 1. The Morgan fingerprint density at radius 3 is 2.00 bits per heavy atom. The van der Waals surface area contributed by atoms with Crippen molar-refractivity contribution >= 4 is 56.4 Å². The third-order valence-electron chi connectivity index (χ3n) is 10.8. The molecule has 5 heterocycles. The number of rotatable bonds is 10. The number of carbonyl (C=O) groups is 2. The van der Waals surface area contributed by atoms with Crippen molar-refractivity contribution in [1.82, 2.24) is 44.9 Å². The van der Waals surface area contributed by atoms with Crippen LogP contribution in [0.25, 0.3) is 38.6 Å². The molecular weight excluding hydrogens is 746 g/mol. The van der Waals surface area contributed by atoms with Gasteiger partial charge in [-0.15, -0.1) is 5.10 Å². The van der Waals surface area contributed by atoms with Crippen LogP contribution in [0.2, 0.25) is 5.02 Å². The molecule has 0 aliphatic carbocycles. The van der Waals surface area contributed by atoms with E-state index in [2.05, 4.69) is 57.0 Å². The maximum absolute atomic E-state index is 13.9. The molecule has 5 aromatic carbocycles. The highest BCUT2D eigenvalue weighted by atomic mass is 35.5. The molecule has 0 saturated carbocycles. The molecule has 0 fully saturated rings. The van der Waals surface area contributed by atoms with Crippen LogP contribution in [0.15, 0.2) is 164 Å². The predicted molar refractivity (Wildman–Crippen MR) is 222 cm³/mol. The first-order valence-electron chi connectivity index (χ1n) is 18.7. The van der Waals surface area contributed by atoms with Crippen molar-refractivity contribution in [2.24, 2.45) is 0 Å². The van der Waals surface area contributed by atoms with E-state index in [1.54, 1.807) is 24.5 Å². The van der Waals surface area contributed by atoms with Crippen LogP contribution < -0.4 is 5.32 Å². The Bertz CT molecular complexity index is 2930. The summed E-state index contributed by atoms with van der Waals surface area (Å²) in [6.07, 6.45) is 5.68. The van der Waals surface area contributed by atoms with E-state index < -0.39 is 17.4 Å². The van der Waals surface area contributed by atoms with Crippen LogP contribution >= 0.6 is 11.6 Å². The number of aryl methyl sites for hydroxylation is 2. The van der Waals surface area contributed by atoms with Gasteiger partial charge in [0.15, 0.2) is 5.82 Å². The number of fused-ring (bicyclic) bond motifs is 2. The van der Waals surface area contributed by atoms with Crippen molar-refractivity contribution < 1.29 is 9.59 Å². The Kier molecular flexibility index (Phi) is 8.57. The lowest BCUT2D eigenvalue weighted by Crippen LogP contribution is -2.40. The summed E-state index contributed by atoms with van der Waals surface area (Å²) >= 11 is 6.54. The summed E-state index contributed by atoms with van der Waals surface area (Å²) in [7, 11) is 0. The molecule has 0 unspecified atom stereocenters. The van der Waals surface area contributed by atoms with Crippen molar-refractivity contribution in [3.63, 3.8) is 0 Å². The zero-order valence-corrected chi connectivity index (χ0v) is 31.5. The SMILES string of the molecule is O=C1NC(=O)C(c2nn(CCc3nnnn3C(c3ccccc3)(c3ccccc3)c3ccccc3)c3ccccc23)=C1c1cn(-c2cccnc2)c2ccc(Cl)cc12. The number of amides is 2. The van der Waals surface area contributed by atoms with Gasteiger partial charge in [0.25, 0.3) is 11.8 Å². The molecule has 0 bridgehead atoms. The number of carbonyl (C=O) groups excluding carboxylic acids is 2. The third-order valence-corrected chi connectivity index (χ3v) is 11.0. The Morgan fingerprint density at radius 2 is 1.33 bits per heavy atom. The number of hydrogen-bond donors (Lipinski definition) is 1. The Labute approximate surface area is 336 Å². The van der Waals surface area contributed by atoms with Gasteiger partial charge in [0.2, 0.25) is 0 Å². The molecule has 12 heteroatoms. The van der Waals surface area contributed by atoms with Gasteiger partial charge in [0.1, 0.15) is 11.2 Å². The van der Waals surface area contributed by atoms with Crippen LogP contribution in [0, 0.1) is 0 Å². The third kappa shape index (κ3) is 5.62. The fourth-order valence-electron chi connectivity index (χ4n) is 8.26. The van der Waals surface area contributed by atoms with E-state index >= 15 is 0 Å². The lowest BCUT2D eigenvalue weighted by Gasteiger charge is -2.36. The highest BCUT2D eigenvalue weighted by Crippen LogP contribution is 2.42. The van der Waals surface area contributed by atoms with Gasteiger partial charge in [0, 0.05) is 46.7 Å². The number of aromatic nitrogens is 8. The van der Waals surface area contributed by atoms with E-state index in [1.807, 2.05) is 117 Å². The minimum atomic E-state index is -0.903. The Hall–Kier alpha value is -7.50. The van der Waals surface area contributed by atoms with Crippen LogP contribution in [0.4, 0.5) is 0 Å². The Morgan fingerprint density at radius 1 is 0.672 bits per heavy atom. The molecule has 11 nitrogen and oxygen atoms in total. The average molecular weight is 778 g/mol. The first-order chi connectivity index (χ1) is 28.5. The van der Waals surface area contributed by atoms with Crippen molar-refractivity contribution in [1.29, 1.82) is 0 Å². The molecule has 9 aromatic rings. The van der Waals surface area contributed by atoms with E-state index in [4.69, 9.17) is 21.9 Å². The number of nitrogens with zero attached hydrogens (tertiary/aromatic N) is 8.